The van der Waals surface area contributed by atoms with Crippen LogP contribution in [0.3, 0.4) is 0 Å². The van der Waals surface area contributed by atoms with Crippen molar-refractivity contribution in [3.63, 3.8) is 0 Å². The van der Waals surface area contributed by atoms with Gasteiger partial charge in [-0.3, -0.25) is 14.5 Å². The predicted octanol–water partition coefficient (Wildman–Crippen LogP) is 2.52. The SMILES string of the molecule is COc1ccc(I)c(NC(=O)C(C)NC(=O)CN(C(=O)O)C(C)(C)C)c1. The number of hydrogen-bond acceptors (Lipinski definition) is 4. The summed E-state index contributed by atoms with van der Waals surface area (Å²) in [5.74, 6) is -0.368. The Labute approximate surface area is 166 Å². The zero-order valence-electron chi connectivity index (χ0n) is 15.4. The van der Waals surface area contributed by atoms with Crippen molar-refractivity contribution in [2.45, 2.75) is 39.3 Å². The molecule has 0 aliphatic rings. The Morgan fingerprint density at radius 2 is 1.92 bits per heavy atom. The van der Waals surface area contributed by atoms with E-state index in [1.54, 1.807) is 39.0 Å². The van der Waals surface area contributed by atoms with E-state index < -0.39 is 29.5 Å². The van der Waals surface area contributed by atoms with Crippen LogP contribution in [-0.4, -0.2) is 53.1 Å². The Balaban J connectivity index is 2.72. The first-order chi connectivity index (χ1) is 12.0. The van der Waals surface area contributed by atoms with Crippen LogP contribution in [-0.2, 0) is 9.59 Å². The van der Waals surface area contributed by atoms with E-state index in [0.29, 0.717) is 11.4 Å². The molecule has 9 heteroatoms. The molecule has 0 radical (unpaired) electrons. The lowest BCUT2D eigenvalue weighted by molar-refractivity contribution is -0.127. The Morgan fingerprint density at radius 1 is 1.31 bits per heavy atom. The summed E-state index contributed by atoms with van der Waals surface area (Å²) in [6.07, 6.45) is -1.20. The summed E-state index contributed by atoms with van der Waals surface area (Å²) in [6.45, 7) is 6.25. The molecule has 1 aromatic rings. The average Bonchev–Trinajstić information content (AvgIpc) is 2.53. The maximum absolute atomic E-state index is 12.3. The topological polar surface area (TPSA) is 108 Å². The van der Waals surface area contributed by atoms with Gasteiger partial charge in [-0.15, -0.1) is 0 Å². The molecule has 0 heterocycles. The third-order valence-corrected chi connectivity index (χ3v) is 4.49. The molecule has 144 valence electrons. The van der Waals surface area contributed by atoms with Crippen LogP contribution in [0.2, 0.25) is 0 Å². The molecule has 1 unspecified atom stereocenters. The van der Waals surface area contributed by atoms with Crippen LogP contribution in [0.4, 0.5) is 10.5 Å². The number of methoxy groups -OCH3 is 1. The highest BCUT2D eigenvalue weighted by Gasteiger charge is 2.29. The van der Waals surface area contributed by atoms with E-state index >= 15 is 0 Å². The lowest BCUT2D eigenvalue weighted by Gasteiger charge is -2.32. The van der Waals surface area contributed by atoms with E-state index in [1.807, 2.05) is 0 Å². The van der Waals surface area contributed by atoms with E-state index in [9.17, 15) is 19.5 Å². The number of nitrogens with zero attached hydrogens (tertiary/aromatic N) is 1. The zero-order chi connectivity index (χ0) is 20.1. The van der Waals surface area contributed by atoms with Crippen molar-refractivity contribution in [3.8, 4) is 5.75 Å². The monoisotopic (exact) mass is 477 g/mol. The van der Waals surface area contributed by atoms with Crippen molar-refractivity contribution in [1.29, 1.82) is 0 Å². The van der Waals surface area contributed by atoms with Crippen LogP contribution < -0.4 is 15.4 Å². The fourth-order valence-corrected chi connectivity index (χ4v) is 2.53. The van der Waals surface area contributed by atoms with E-state index in [-0.39, 0.29) is 6.54 Å². The third kappa shape index (κ3) is 6.36. The molecule has 8 nitrogen and oxygen atoms in total. The minimum Gasteiger partial charge on any atom is -0.497 e. The van der Waals surface area contributed by atoms with Crippen molar-refractivity contribution in [3.05, 3.63) is 21.8 Å². The molecule has 26 heavy (non-hydrogen) atoms. The number of hydrogen-bond donors (Lipinski definition) is 3. The minimum absolute atomic E-state index is 0.354. The summed E-state index contributed by atoms with van der Waals surface area (Å²) >= 11 is 2.08. The smallest absolute Gasteiger partial charge is 0.408 e. The van der Waals surface area contributed by atoms with E-state index in [1.165, 1.54) is 14.0 Å². The summed E-state index contributed by atoms with van der Waals surface area (Å²) in [5.41, 5.74) is -0.163. The van der Waals surface area contributed by atoms with Crippen molar-refractivity contribution >= 4 is 46.2 Å². The van der Waals surface area contributed by atoms with Gasteiger partial charge in [-0.25, -0.2) is 4.79 Å². The second-order valence-corrected chi connectivity index (χ2v) is 7.83. The number of benzene rings is 1. The maximum Gasteiger partial charge on any atom is 0.408 e. The van der Waals surface area contributed by atoms with Crippen LogP contribution in [0.25, 0.3) is 0 Å². The molecule has 0 aliphatic carbocycles. The van der Waals surface area contributed by atoms with Gasteiger partial charge in [0, 0.05) is 15.2 Å². The minimum atomic E-state index is -1.20. The largest absolute Gasteiger partial charge is 0.497 e. The van der Waals surface area contributed by atoms with Gasteiger partial charge < -0.3 is 20.5 Å². The number of anilines is 1. The molecular weight excluding hydrogens is 453 g/mol. The molecule has 0 spiro atoms. The van der Waals surface area contributed by atoms with E-state index in [0.717, 1.165) is 8.47 Å². The summed E-state index contributed by atoms with van der Waals surface area (Å²) in [6, 6.07) is 4.42. The summed E-state index contributed by atoms with van der Waals surface area (Å²) < 4.78 is 5.95. The second kappa shape index (κ2) is 9.06. The molecular formula is C17H24IN3O5. The van der Waals surface area contributed by atoms with Crippen LogP contribution in [0.1, 0.15) is 27.7 Å². The lowest BCUT2D eigenvalue weighted by Crippen LogP contribution is -2.52. The van der Waals surface area contributed by atoms with Gasteiger partial charge in [-0.05, 0) is 62.4 Å². The molecule has 1 rings (SSSR count). The molecule has 3 amide bonds. The Bertz CT molecular complexity index is 687. The van der Waals surface area contributed by atoms with Gasteiger partial charge in [0.05, 0.1) is 12.8 Å². The maximum atomic E-state index is 12.3. The van der Waals surface area contributed by atoms with Gasteiger partial charge in [0.1, 0.15) is 18.3 Å². The summed E-state index contributed by atoms with van der Waals surface area (Å²) in [4.78, 5) is 36.7. The standard InChI is InChI=1S/C17H24IN3O5/c1-10(19-14(22)9-21(16(24)25)17(2,3)4)15(23)20-13-8-11(26-5)6-7-12(13)18/h6-8,10H,9H2,1-5H3,(H,19,22)(H,20,23)(H,24,25). The number of carbonyl (C=O) groups is 3. The Kier molecular flexibility index (Phi) is 7.67. The van der Waals surface area contributed by atoms with Gasteiger partial charge in [0.2, 0.25) is 11.8 Å². The molecule has 0 fully saturated rings. The normalized spacial score (nSPS) is 12.1. The number of carbonyl (C=O) groups excluding carboxylic acids is 2. The van der Waals surface area contributed by atoms with Crippen molar-refractivity contribution in [2.24, 2.45) is 0 Å². The third-order valence-electron chi connectivity index (χ3n) is 3.54. The van der Waals surface area contributed by atoms with Gasteiger partial charge >= 0.3 is 6.09 Å². The Morgan fingerprint density at radius 3 is 2.42 bits per heavy atom. The molecule has 0 saturated heterocycles. The Hall–Kier alpha value is -2.04. The van der Waals surface area contributed by atoms with Crippen LogP contribution in [0, 0.1) is 3.57 Å². The second-order valence-electron chi connectivity index (χ2n) is 6.66. The fourth-order valence-electron chi connectivity index (χ4n) is 2.06. The van der Waals surface area contributed by atoms with Crippen molar-refractivity contribution < 1.29 is 24.2 Å². The highest BCUT2D eigenvalue weighted by molar-refractivity contribution is 14.1. The van der Waals surface area contributed by atoms with Gasteiger partial charge in [-0.2, -0.15) is 0 Å². The van der Waals surface area contributed by atoms with Crippen molar-refractivity contribution in [2.75, 3.05) is 19.0 Å². The zero-order valence-corrected chi connectivity index (χ0v) is 17.6. The first-order valence-corrected chi connectivity index (χ1v) is 8.98. The number of ether oxygens (including phenoxy) is 1. The van der Waals surface area contributed by atoms with Gasteiger partial charge in [0.15, 0.2) is 0 Å². The molecule has 0 saturated carbocycles. The molecule has 0 aliphatic heterocycles. The molecule has 1 aromatic carbocycles. The molecule has 0 aromatic heterocycles. The number of carboxylic acid groups (broad SMARTS) is 1. The number of rotatable bonds is 6. The molecule has 0 bridgehead atoms. The predicted molar refractivity (Wildman–Crippen MR) is 106 cm³/mol. The molecule has 1 atom stereocenters. The van der Waals surface area contributed by atoms with Gasteiger partial charge in [0.25, 0.3) is 0 Å². The first kappa shape index (κ1) is 22.0. The van der Waals surface area contributed by atoms with Crippen LogP contribution >= 0.6 is 22.6 Å². The van der Waals surface area contributed by atoms with Crippen LogP contribution in [0.15, 0.2) is 18.2 Å². The fraction of sp³-hybridized carbons (Fsp3) is 0.471. The van der Waals surface area contributed by atoms with Gasteiger partial charge in [-0.1, -0.05) is 0 Å². The van der Waals surface area contributed by atoms with Crippen LogP contribution in [0.5, 0.6) is 5.75 Å². The quantitative estimate of drug-likeness (QED) is 0.546. The summed E-state index contributed by atoms with van der Waals surface area (Å²) in [5, 5.41) is 14.5. The highest BCUT2D eigenvalue weighted by Crippen LogP contribution is 2.24. The number of halogens is 1. The highest BCUT2D eigenvalue weighted by atomic mass is 127. The first-order valence-electron chi connectivity index (χ1n) is 7.90. The number of amides is 3. The number of nitrogens with one attached hydrogen (secondary N) is 2. The molecule has 3 N–H and O–H groups in total. The lowest BCUT2D eigenvalue weighted by atomic mass is 10.1. The van der Waals surface area contributed by atoms with Crippen molar-refractivity contribution in [1.82, 2.24) is 10.2 Å². The average molecular weight is 477 g/mol. The summed E-state index contributed by atoms with van der Waals surface area (Å²) in [7, 11) is 1.53. The van der Waals surface area contributed by atoms with E-state index in [4.69, 9.17) is 4.74 Å². The van der Waals surface area contributed by atoms with E-state index in [2.05, 4.69) is 33.2 Å².